The second-order valence-corrected chi connectivity index (χ2v) is 7.79. The third-order valence-corrected chi connectivity index (χ3v) is 5.30. The Bertz CT molecular complexity index is 705. The van der Waals surface area contributed by atoms with Crippen LogP contribution < -0.4 is 0 Å². The molecule has 7 heteroatoms. The Labute approximate surface area is 183 Å². The molecule has 0 spiro atoms. The van der Waals surface area contributed by atoms with E-state index in [2.05, 4.69) is 24.3 Å². The maximum atomic E-state index is 11.3. The minimum atomic E-state index is -1.32. The van der Waals surface area contributed by atoms with Gasteiger partial charge in [0.1, 0.15) is 0 Å². The molecule has 0 aliphatic carbocycles. The Kier molecular flexibility index (Phi) is 11.2. The average Bonchev–Trinajstić information content (AvgIpc) is 2.77. The van der Waals surface area contributed by atoms with Gasteiger partial charge < -0.3 is 0 Å². The number of benzene rings is 2. The van der Waals surface area contributed by atoms with Crippen LogP contribution in [0, 0.1) is 20.2 Å². The number of hydrogen-bond donors (Lipinski definition) is 0. The molecular weight excluding hydrogens is 396 g/mol. The van der Waals surface area contributed by atoms with Crippen LogP contribution in [0.3, 0.4) is 0 Å². The van der Waals surface area contributed by atoms with Gasteiger partial charge in [-0.1, -0.05) is 73.5 Å². The Hall–Kier alpha value is -2.80. The van der Waals surface area contributed by atoms with Crippen molar-refractivity contribution in [3.05, 3.63) is 92.0 Å². The third-order valence-electron chi connectivity index (χ3n) is 5.30. The van der Waals surface area contributed by atoms with Gasteiger partial charge in [0.05, 0.1) is 9.85 Å². The minimum absolute atomic E-state index is 0.195. The van der Waals surface area contributed by atoms with Crippen molar-refractivity contribution in [3.63, 3.8) is 0 Å². The molecule has 0 aromatic heterocycles. The van der Waals surface area contributed by atoms with Gasteiger partial charge in [0.25, 0.3) is 0 Å². The van der Waals surface area contributed by atoms with E-state index in [1.54, 1.807) is 0 Å². The predicted molar refractivity (Wildman–Crippen MR) is 120 cm³/mol. The lowest BCUT2D eigenvalue weighted by Gasteiger charge is -2.14. The van der Waals surface area contributed by atoms with Gasteiger partial charge in [-0.2, -0.15) is 0 Å². The molecule has 0 heterocycles. The van der Waals surface area contributed by atoms with Crippen molar-refractivity contribution in [1.29, 1.82) is 0 Å². The van der Waals surface area contributed by atoms with E-state index < -0.39 is 22.3 Å². The topological polar surface area (TPSA) is 95.5 Å². The van der Waals surface area contributed by atoms with E-state index in [4.69, 9.17) is 4.74 Å². The normalized spacial score (nSPS) is 12.9. The standard InChI is InChI=1S/C24H32N2O5/c27-25(28)23(19-11-3-9-17-21-13-5-1-6-14-21)31-24(26(29)30)20-12-4-10-18-22-15-7-2-8-16-22/h1-2,5-8,13-16,23-24H,3-4,9-12,17-20H2. The van der Waals surface area contributed by atoms with Gasteiger partial charge in [0.2, 0.25) is 0 Å². The molecule has 2 aromatic carbocycles. The predicted octanol–water partition coefficient (Wildman–Crippen LogP) is 5.81. The molecule has 7 nitrogen and oxygen atoms in total. The first kappa shape index (κ1) is 24.5. The zero-order valence-corrected chi connectivity index (χ0v) is 17.9. The molecule has 0 fully saturated rings. The van der Waals surface area contributed by atoms with Crippen LogP contribution in [0.4, 0.5) is 0 Å². The van der Waals surface area contributed by atoms with Gasteiger partial charge in [-0.05, 0) is 49.7 Å². The molecule has 31 heavy (non-hydrogen) atoms. The number of unbranched alkanes of at least 4 members (excludes halogenated alkanes) is 4. The quantitative estimate of drug-likeness (QED) is 0.145. The van der Waals surface area contributed by atoms with Gasteiger partial charge in [0.15, 0.2) is 0 Å². The molecule has 0 amide bonds. The lowest BCUT2D eigenvalue weighted by atomic mass is 10.1. The Balaban J connectivity index is 1.67. The van der Waals surface area contributed by atoms with Crippen molar-refractivity contribution < 1.29 is 14.6 Å². The SMILES string of the molecule is O=[N+]([O-])C(CCCCCc1ccccc1)OC(CCCCCc1ccccc1)[N+](=O)[O-]. The molecule has 168 valence electrons. The summed E-state index contributed by atoms with van der Waals surface area (Å²) in [7, 11) is 0. The van der Waals surface area contributed by atoms with E-state index in [-0.39, 0.29) is 12.8 Å². The highest BCUT2D eigenvalue weighted by Gasteiger charge is 2.31. The largest absolute Gasteiger partial charge is 0.320 e. The summed E-state index contributed by atoms with van der Waals surface area (Å²) in [5.74, 6) is 0. The zero-order chi connectivity index (χ0) is 22.3. The second kappa shape index (κ2) is 14.2. The molecule has 2 aromatic rings. The molecule has 2 unspecified atom stereocenters. The molecule has 0 bridgehead atoms. The van der Waals surface area contributed by atoms with E-state index in [0.717, 1.165) is 38.5 Å². The van der Waals surface area contributed by atoms with E-state index in [0.29, 0.717) is 12.8 Å². The summed E-state index contributed by atoms with van der Waals surface area (Å²) in [5, 5.41) is 22.7. The van der Waals surface area contributed by atoms with E-state index in [1.165, 1.54) is 11.1 Å². The first-order valence-corrected chi connectivity index (χ1v) is 11.1. The van der Waals surface area contributed by atoms with Crippen molar-refractivity contribution >= 4 is 0 Å². The van der Waals surface area contributed by atoms with Gasteiger partial charge in [-0.25, -0.2) is 4.74 Å². The minimum Gasteiger partial charge on any atom is -0.262 e. The Morgan fingerprint density at radius 1 is 0.613 bits per heavy atom. The van der Waals surface area contributed by atoms with Gasteiger partial charge in [-0.3, -0.25) is 20.2 Å². The molecule has 0 saturated carbocycles. The van der Waals surface area contributed by atoms with Crippen LogP contribution in [0.25, 0.3) is 0 Å². The summed E-state index contributed by atoms with van der Waals surface area (Å²) in [4.78, 5) is 21.6. The lowest BCUT2D eigenvalue weighted by molar-refractivity contribution is -0.647. The number of nitrogens with zero attached hydrogens (tertiary/aromatic N) is 2. The summed E-state index contributed by atoms with van der Waals surface area (Å²) < 4.78 is 5.31. The van der Waals surface area contributed by atoms with Crippen molar-refractivity contribution in [1.82, 2.24) is 0 Å². The van der Waals surface area contributed by atoms with Crippen LogP contribution in [0.15, 0.2) is 60.7 Å². The van der Waals surface area contributed by atoms with Gasteiger partial charge in [0, 0.05) is 12.8 Å². The van der Waals surface area contributed by atoms with E-state index >= 15 is 0 Å². The van der Waals surface area contributed by atoms with E-state index in [1.807, 2.05) is 36.4 Å². The summed E-state index contributed by atoms with van der Waals surface area (Å²) >= 11 is 0. The molecule has 2 atom stereocenters. The van der Waals surface area contributed by atoms with Crippen LogP contribution >= 0.6 is 0 Å². The van der Waals surface area contributed by atoms with Crippen molar-refractivity contribution in [3.8, 4) is 0 Å². The zero-order valence-electron chi connectivity index (χ0n) is 17.9. The molecular formula is C24H32N2O5. The summed E-state index contributed by atoms with van der Waals surface area (Å²) in [6, 6.07) is 20.1. The molecule has 0 aliphatic heterocycles. The first-order valence-electron chi connectivity index (χ1n) is 11.1. The molecule has 2 rings (SSSR count). The number of ether oxygens (including phenoxy) is 1. The molecule has 0 aliphatic rings. The highest BCUT2D eigenvalue weighted by atomic mass is 16.7. The molecule has 0 radical (unpaired) electrons. The molecule has 0 N–H and O–H groups in total. The van der Waals surface area contributed by atoms with Gasteiger partial charge >= 0.3 is 12.5 Å². The lowest BCUT2D eigenvalue weighted by Crippen LogP contribution is -2.33. The van der Waals surface area contributed by atoms with Gasteiger partial charge in [-0.15, -0.1) is 0 Å². The highest BCUT2D eigenvalue weighted by Crippen LogP contribution is 2.16. The Morgan fingerprint density at radius 2 is 1.00 bits per heavy atom. The fourth-order valence-electron chi connectivity index (χ4n) is 3.57. The van der Waals surface area contributed by atoms with Crippen LogP contribution in [-0.2, 0) is 17.6 Å². The van der Waals surface area contributed by atoms with Crippen LogP contribution in [0.5, 0.6) is 0 Å². The smallest absolute Gasteiger partial charge is 0.262 e. The second-order valence-electron chi connectivity index (χ2n) is 7.79. The first-order chi connectivity index (χ1) is 15.1. The maximum absolute atomic E-state index is 11.3. The number of aryl methyl sites for hydroxylation is 2. The van der Waals surface area contributed by atoms with Crippen molar-refractivity contribution in [2.45, 2.75) is 76.7 Å². The van der Waals surface area contributed by atoms with Crippen molar-refractivity contribution in [2.75, 3.05) is 0 Å². The fraction of sp³-hybridized carbons (Fsp3) is 0.500. The summed E-state index contributed by atoms with van der Waals surface area (Å²) in [6.45, 7) is 0. The summed E-state index contributed by atoms with van der Waals surface area (Å²) in [6.07, 6.45) is 4.31. The van der Waals surface area contributed by atoms with E-state index in [9.17, 15) is 20.2 Å². The maximum Gasteiger partial charge on any atom is 0.320 e. The monoisotopic (exact) mass is 428 g/mol. The number of nitro groups is 2. The molecule has 0 saturated heterocycles. The fourth-order valence-corrected chi connectivity index (χ4v) is 3.57. The van der Waals surface area contributed by atoms with Crippen LogP contribution in [-0.4, -0.2) is 22.3 Å². The third kappa shape index (κ3) is 10.2. The number of hydrogen-bond acceptors (Lipinski definition) is 5. The Morgan fingerprint density at radius 3 is 1.35 bits per heavy atom. The van der Waals surface area contributed by atoms with Crippen LogP contribution in [0.2, 0.25) is 0 Å². The number of rotatable bonds is 16. The van der Waals surface area contributed by atoms with Crippen molar-refractivity contribution in [2.24, 2.45) is 0 Å². The highest BCUT2D eigenvalue weighted by molar-refractivity contribution is 5.15. The average molecular weight is 429 g/mol. The summed E-state index contributed by atoms with van der Waals surface area (Å²) in [5.41, 5.74) is 2.48. The van der Waals surface area contributed by atoms with Crippen LogP contribution in [0.1, 0.15) is 62.5 Å².